The lowest BCUT2D eigenvalue weighted by atomic mass is 10.0. The largest absolute Gasteiger partial charge is 0.382 e. The summed E-state index contributed by atoms with van der Waals surface area (Å²) in [6, 6.07) is 16.4. The molecule has 2 nitrogen and oxygen atoms in total. The molecule has 2 heteroatoms. The zero-order valence-corrected chi connectivity index (χ0v) is 12.5. The van der Waals surface area contributed by atoms with Crippen molar-refractivity contribution in [3.63, 3.8) is 0 Å². The first kappa shape index (κ1) is 13.4. The van der Waals surface area contributed by atoms with E-state index in [0.717, 1.165) is 0 Å². The minimum absolute atomic E-state index is 0.607. The summed E-state index contributed by atoms with van der Waals surface area (Å²) in [5.74, 6) is 0. The molecule has 106 valence electrons. The molecule has 1 heterocycles. The minimum Gasteiger partial charge on any atom is -0.382 e. The smallest absolute Gasteiger partial charge is 0.0422 e. The third kappa shape index (κ3) is 2.80. The fourth-order valence-electron chi connectivity index (χ4n) is 3.13. The Kier molecular flexibility index (Phi) is 3.93. The molecular weight excluding hydrogens is 244 g/mol. The zero-order chi connectivity index (χ0) is 13.9. The number of anilines is 1. The molecule has 1 fully saturated rings. The van der Waals surface area contributed by atoms with Crippen LogP contribution >= 0.6 is 0 Å². The standard InChI is InChI=1S/C18H24N2/c1-14(2)20-12-10-16(11-13-20)19-18-9-5-7-15-6-3-4-8-17(15)18/h3-9,14,16,19H,10-13H2,1-2H3. The van der Waals surface area contributed by atoms with Crippen molar-refractivity contribution in [1.29, 1.82) is 0 Å². The molecule has 0 bridgehead atoms. The predicted molar refractivity (Wildman–Crippen MR) is 87.3 cm³/mol. The first-order chi connectivity index (χ1) is 9.74. The second-order valence-corrected chi connectivity index (χ2v) is 6.08. The Morgan fingerprint density at radius 3 is 2.45 bits per heavy atom. The maximum atomic E-state index is 3.76. The third-order valence-electron chi connectivity index (χ3n) is 4.41. The lowest BCUT2D eigenvalue weighted by Crippen LogP contribution is -2.42. The number of nitrogens with one attached hydrogen (secondary N) is 1. The van der Waals surface area contributed by atoms with Crippen molar-refractivity contribution in [2.45, 2.75) is 38.8 Å². The molecule has 0 atom stereocenters. The fourth-order valence-corrected chi connectivity index (χ4v) is 3.13. The molecule has 1 aliphatic rings. The van der Waals surface area contributed by atoms with Gasteiger partial charge in [-0.15, -0.1) is 0 Å². The fraction of sp³-hybridized carbons (Fsp3) is 0.444. The van der Waals surface area contributed by atoms with Crippen molar-refractivity contribution in [3.8, 4) is 0 Å². The molecule has 2 aromatic carbocycles. The van der Waals surface area contributed by atoms with E-state index in [1.807, 2.05) is 0 Å². The number of rotatable bonds is 3. The van der Waals surface area contributed by atoms with Crippen molar-refractivity contribution >= 4 is 16.5 Å². The Labute approximate surface area is 121 Å². The topological polar surface area (TPSA) is 15.3 Å². The van der Waals surface area contributed by atoms with Gasteiger partial charge in [-0.2, -0.15) is 0 Å². The van der Waals surface area contributed by atoms with Gasteiger partial charge in [0.15, 0.2) is 0 Å². The number of fused-ring (bicyclic) bond motifs is 1. The molecule has 0 saturated carbocycles. The minimum atomic E-state index is 0.607. The van der Waals surface area contributed by atoms with Crippen molar-refractivity contribution in [3.05, 3.63) is 42.5 Å². The highest BCUT2D eigenvalue weighted by Gasteiger charge is 2.20. The summed E-state index contributed by atoms with van der Waals surface area (Å²) in [6.07, 6.45) is 2.48. The Bertz CT molecular complexity index is 563. The van der Waals surface area contributed by atoms with Crippen LogP contribution in [0.25, 0.3) is 10.8 Å². The van der Waals surface area contributed by atoms with Gasteiger partial charge in [0.2, 0.25) is 0 Å². The predicted octanol–water partition coefficient (Wildman–Crippen LogP) is 4.12. The number of likely N-dealkylation sites (tertiary alicyclic amines) is 1. The summed E-state index contributed by atoms with van der Waals surface area (Å²) in [6.45, 7) is 7.00. The number of hydrogen-bond donors (Lipinski definition) is 1. The van der Waals surface area contributed by atoms with Crippen LogP contribution in [0.15, 0.2) is 42.5 Å². The lowest BCUT2D eigenvalue weighted by molar-refractivity contribution is 0.177. The van der Waals surface area contributed by atoms with E-state index in [4.69, 9.17) is 0 Å². The summed E-state index contributed by atoms with van der Waals surface area (Å²) in [4.78, 5) is 2.57. The Morgan fingerprint density at radius 2 is 1.70 bits per heavy atom. The van der Waals surface area contributed by atoms with Crippen LogP contribution in [0.3, 0.4) is 0 Å². The average Bonchev–Trinajstić information content (AvgIpc) is 2.48. The van der Waals surface area contributed by atoms with Crippen LogP contribution in [0.4, 0.5) is 5.69 Å². The lowest BCUT2D eigenvalue weighted by Gasteiger charge is -2.35. The monoisotopic (exact) mass is 268 g/mol. The summed E-state index contributed by atoms with van der Waals surface area (Å²) in [5.41, 5.74) is 1.28. The van der Waals surface area contributed by atoms with Gasteiger partial charge in [0.05, 0.1) is 0 Å². The van der Waals surface area contributed by atoms with Gasteiger partial charge in [-0.3, -0.25) is 0 Å². The van der Waals surface area contributed by atoms with Gasteiger partial charge in [0, 0.05) is 36.2 Å². The van der Waals surface area contributed by atoms with E-state index in [9.17, 15) is 0 Å². The van der Waals surface area contributed by atoms with E-state index >= 15 is 0 Å². The molecule has 0 aromatic heterocycles. The maximum absolute atomic E-state index is 3.76. The van der Waals surface area contributed by atoms with E-state index in [1.165, 1.54) is 42.4 Å². The number of piperidine rings is 1. The summed E-state index contributed by atoms with van der Waals surface area (Å²) < 4.78 is 0. The van der Waals surface area contributed by atoms with Crippen LogP contribution in [0.2, 0.25) is 0 Å². The molecular formula is C18H24N2. The normalized spacial score (nSPS) is 17.8. The molecule has 1 N–H and O–H groups in total. The number of hydrogen-bond acceptors (Lipinski definition) is 2. The highest BCUT2D eigenvalue weighted by atomic mass is 15.2. The van der Waals surface area contributed by atoms with E-state index in [2.05, 4.69) is 66.5 Å². The Balaban J connectivity index is 1.72. The molecule has 1 saturated heterocycles. The van der Waals surface area contributed by atoms with E-state index < -0.39 is 0 Å². The van der Waals surface area contributed by atoms with Crippen LogP contribution in [-0.4, -0.2) is 30.1 Å². The zero-order valence-electron chi connectivity index (χ0n) is 12.5. The van der Waals surface area contributed by atoms with Gasteiger partial charge in [0.1, 0.15) is 0 Å². The van der Waals surface area contributed by atoms with Crippen LogP contribution < -0.4 is 5.32 Å². The highest BCUT2D eigenvalue weighted by Crippen LogP contribution is 2.25. The molecule has 0 radical (unpaired) electrons. The number of benzene rings is 2. The first-order valence-electron chi connectivity index (χ1n) is 7.72. The maximum Gasteiger partial charge on any atom is 0.0422 e. The Hall–Kier alpha value is -1.54. The van der Waals surface area contributed by atoms with E-state index in [0.29, 0.717) is 12.1 Å². The van der Waals surface area contributed by atoms with Crippen molar-refractivity contribution < 1.29 is 0 Å². The summed E-state index contributed by atoms with van der Waals surface area (Å²) in [5, 5.41) is 6.41. The molecule has 0 aliphatic carbocycles. The number of nitrogens with zero attached hydrogens (tertiary/aromatic N) is 1. The molecule has 0 unspecified atom stereocenters. The molecule has 0 amide bonds. The van der Waals surface area contributed by atoms with E-state index in [-0.39, 0.29) is 0 Å². The molecule has 3 rings (SSSR count). The van der Waals surface area contributed by atoms with Gasteiger partial charge < -0.3 is 10.2 Å². The van der Waals surface area contributed by atoms with Crippen molar-refractivity contribution in [2.24, 2.45) is 0 Å². The summed E-state index contributed by atoms with van der Waals surface area (Å²) in [7, 11) is 0. The van der Waals surface area contributed by atoms with Crippen molar-refractivity contribution in [2.75, 3.05) is 18.4 Å². The van der Waals surface area contributed by atoms with Crippen LogP contribution in [0.5, 0.6) is 0 Å². The van der Waals surface area contributed by atoms with Gasteiger partial charge in [0.25, 0.3) is 0 Å². The summed E-state index contributed by atoms with van der Waals surface area (Å²) >= 11 is 0. The van der Waals surface area contributed by atoms with Gasteiger partial charge in [-0.25, -0.2) is 0 Å². The van der Waals surface area contributed by atoms with Crippen molar-refractivity contribution in [1.82, 2.24) is 4.90 Å². The SMILES string of the molecule is CC(C)N1CCC(Nc2cccc3ccccc23)CC1. The van der Waals surface area contributed by atoms with Gasteiger partial charge >= 0.3 is 0 Å². The third-order valence-corrected chi connectivity index (χ3v) is 4.41. The van der Waals surface area contributed by atoms with Crippen LogP contribution in [-0.2, 0) is 0 Å². The second-order valence-electron chi connectivity index (χ2n) is 6.08. The van der Waals surface area contributed by atoms with Crippen LogP contribution in [0.1, 0.15) is 26.7 Å². The highest BCUT2D eigenvalue weighted by molar-refractivity contribution is 5.93. The van der Waals surface area contributed by atoms with Gasteiger partial charge in [-0.05, 0) is 38.1 Å². The molecule has 0 spiro atoms. The second kappa shape index (κ2) is 5.84. The van der Waals surface area contributed by atoms with Gasteiger partial charge in [-0.1, -0.05) is 36.4 Å². The quantitative estimate of drug-likeness (QED) is 0.900. The first-order valence-corrected chi connectivity index (χ1v) is 7.72. The average molecular weight is 268 g/mol. The molecule has 1 aliphatic heterocycles. The van der Waals surface area contributed by atoms with E-state index in [1.54, 1.807) is 0 Å². The molecule has 20 heavy (non-hydrogen) atoms. The van der Waals surface area contributed by atoms with Crippen LogP contribution in [0, 0.1) is 0 Å². The molecule has 2 aromatic rings. The Morgan fingerprint density at radius 1 is 1.00 bits per heavy atom.